The topological polar surface area (TPSA) is 71.2 Å². The number of ketones is 1. The van der Waals surface area contributed by atoms with Crippen LogP contribution in [0.5, 0.6) is 5.75 Å². The molecule has 3 aromatic carbocycles. The molecule has 5 rings (SSSR count). The van der Waals surface area contributed by atoms with Crippen LogP contribution >= 0.6 is 0 Å². The van der Waals surface area contributed by atoms with E-state index >= 15 is 0 Å². The second kappa shape index (κ2) is 7.69. The summed E-state index contributed by atoms with van der Waals surface area (Å²) in [6.45, 7) is 0. The Morgan fingerprint density at radius 1 is 0.871 bits per heavy atom. The number of benzene rings is 3. The molecule has 0 bridgehead atoms. The highest BCUT2D eigenvalue weighted by Crippen LogP contribution is 2.45. The third kappa shape index (κ3) is 3.15. The zero-order valence-corrected chi connectivity index (χ0v) is 16.9. The first-order chi connectivity index (χ1) is 15.2. The van der Waals surface area contributed by atoms with E-state index in [1.807, 2.05) is 60.7 Å². The number of methoxy groups -OCH3 is 1. The van der Waals surface area contributed by atoms with Crippen molar-refractivity contribution < 1.29 is 14.6 Å². The largest absolute Gasteiger partial charge is 0.506 e. The van der Waals surface area contributed by atoms with Gasteiger partial charge >= 0.3 is 0 Å². The number of azo groups is 1. The number of Topliss-reactive ketones (excluding diaryl/α,β-unsaturated/α-hetero) is 1. The predicted octanol–water partition coefficient (Wildman–Crippen LogP) is 6.04. The fraction of sp³-hybridized carbons (Fsp3) is 0.115. The summed E-state index contributed by atoms with van der Waals surface area (Å²) in [5, 5.41) is 19.8. The van der Waals surface area contributed by atoms with Crippen LogP contribution < -0.4 is 4.74 Å². The average molecular weight is 408 g/mol. The Labute approximate surface area is 180 Å². The molecule has 0 saturated carbocycles. The minimum Gasteiger partial charge on any atom is -0.506 e. The number of carbonyl (C=O) groups is 1. The number of rotatable bonds is 4. The van der Waals surface area contributed by atoms with Crippen molar-refractivity contribution in [1.29, 1.82) is 0 Å². The minimum absolute atomic E-state index is 0.0478. The lowest BCUT2D eigenvalue weighted by Gasteiger charge is -2.26. The van der Waals surface area contributed by atoms with Gasteiger partial charge in [-0.2, -0.15) is 10.2 Å². The fourth-order valence-electron chi connectivity index (χ4n) is 4.25. The van der Waals surface area contributed by atoms with Crippen molar-refractivity contribution in [3.8, 4) is 5.75 Å². The molecule has 152 valence electrons. The first-order valence-corrected chi connectivity index (χ1v) is 10.1. The number of fused-ring (bicyclic) bond motifs is 1. The van der Waals surface area contributed by atoms with Gasteiger partial charge in [0, 0.05) is 22.6 Å². The highest BCUT2D eigenvalue weighted by atomic mass is 16.5. The molecule has 1 aliphatic carbocycles. The van der Waals surface area contributed by atoms with Gasteiger partial charge in [0.1, 0.15) is 17.6 Å². The van der Waals surface area contributed by atoms with Crippen molar-refractivity contribution >= 4 is 11.5 Å². The summed E-state index contributed by atoms with van der Waals surface area (Å²) in [4.78, 5) is 13.0. The summed E-state index contributed by atoms with van der Waals surface area (Å²) in [6, 6.07) is 24.4. The van der Waals surface area contributed by atoms with E-state index in [1.165, 1.54) is 0 Å². The Hall–Kier alpha value is -3.99. The van der Waals surface area contributed by atoms with Gasteiger partial charge in [-0.1, -0.05) is 72.8 Å². The monoisotopic (exact) mass is 408 g/mol. The van der Waals surface area contributed by atoms with Gasteiger partial charge in [-0.3, -0.25) is 4.79 Å². The normalized spacial score (nSPS) is 19.9. The fourth-order valence-corrected chi connectivity index (χ4v) is 4.25. The Morgan fingerprint density at radius 2 is 1.55 bits per heavy atom. The van der Waals surface area contributed by atoms with Crippen LogP contribution in [0.15, 0.2) is 106 Å². The van der Waals surface area contributed by atoms with Crippen LogP contribution in [-0.4, -0.2) is 18.0 Å². The van der Waals surface area contributed by atoms with E-state index in [4.69, 9.17) is 4.74 Å². The average Bonchev–Trinajstić information content (AvgIpc) is 3.09. The smallest absolute Gasteiger partial charge is 0.199 e. The first-order valence-electron chi connectivity index (χ1n) is 10.1. The molecule has 2 atom stereocenters. The number of allylic oxidation sites excluding steroid dienone is 1. The van der Waals surface area contributed by atoms with Gasteiger partial charge in [0.05, 0.1) is 18.4 Å². The van der Waals surface area contributed by atoms with Gasteiger partial charge in [-0.05, 0) is 17.7 Å². The summed E-state index contributed by atoms with van der Waals surface area (Å²) >= 11 is 0. The maximum atomic E-state index is 13.0. The SMILES string of the molecule is COc1ccccc1C1N=NC(C2=C(O)c3ccccc3C2=O)=CC1c1ccccc1. The molecule has 31 heavy (non-hydrogen) atoms. The molecule has 0 radical (unpaired) electrons. The van der Waals surface area contributed by atoms with Crippen LogP contribution in [0.2, 0.25) is 0 Å². The molecule has 0 fully saturated rings. The molecule has 2 aliphatic rings. The lowest BCUT2D eigenvalue weighted by Crippen LogP contribution is -2.14. The number of hydrogen-bond acceptors (Lipinski definition) is 5. The Balaban J connectivity index is 1.63. The molecule has 1 aliphatic heterocycles. The third-order valence-corrected chi connectivity index (χ3v) is 5.76. The Kier molecular flexibility index (Phi) is 4.71. The van der Waals surface area contributed by atoms with E-state index in [2.05, 4.69) is 10.2 Å². The van der Waals surface area contributed by atoms with Crippen molar-refractivity contribution in [2.45, 2.75) is 12.0 Å². The molecule has 1 N–H and O–H groups in total. The number of hydrogen-bond donors (Lipinski definition) is 1. The van der Waals surface area contributed by atoms with Gasteiger partial charge in [0.25, 0.3) is 0 Å². The van der Waals surface area contributed by atoms with Crippen molar-refractivity contribution in [2.75, 3.05) is 7.11 Å². The van der Waals surface area contributed by atoms with Crippen LogP contribution in [0.25, 0.3) is 5.76 Å². The van der Waals surface area contributed by atoms with Gasteiger partial charge in [0.2, 0.25) is 0 Å². The van der Waals surface area contributed by atoms with Crippen LogP contribution in [0, 0.1) is 0 Å². The van der Waals surface area contributed by atoms with E-state index in [0.29, 0.717) is 16.8 Å². The molecule has 0 saturated heterocycles. The van der Waals surface area contributed by atoms with Crippen molar-refractivity contribution in [2.24, 2.45) is 10.2 Å². The third-order valence-electron chi connectivity index (χ3n) is 5.76. The summed E-state index contributed by atoms with van der Waals surface area (Å²) in [6.07, 6.45) is 1.93. The number of ether oxygens (including phenoxy) is 1. The number of para-hydroxylation sites is 1. The maximum absolute atomic E-state index is 13.0. The molecule has 3 aromatic rings. The maximum Gasteiger partial charge on any atom is 0.199 e. The number of aliphatic hydroxyl groups is 1. The van der Waals surface area contributed by atoms with Crippen molar-refractivity contribution in [3.05, 3.63) is 118 Å². The van der Waals surface area contributed by atoms with Crippen LogP contribution in [0.3, 0.4) is 0 Å². The Bertz CT molecular complexity index is 1260. The molecule has 1 heterocycles. The molecule has 0 amide bonds. The van der Waals surface area contributed by atoms with E-state index < -0.39 is 0 Å². The highest BCUT2D eigenvalue weighted by Gasteiger charge is 2.36. The number of nitrogens with zero attached hydrogens (tertiary/aromatic N) is 2. The second-order valence-corrected chi connectivity index (χ2v) is 7.49. The standard InChI is InChI=1S/C26H20N2O3/c1-31-22-14-8-7-13-19(22)24-20(16-9-3-2-4-10-16)15-21(27-28-24)23-25(29)17-11-5-6-12-18(17)26(23)30/h2-15,20,24,29H,1H3. The van der Waals surface area contributed by atoms with Crippen molar-refractivity contribution in [3.63, 3.8) is 0 Å². The minimum atomic E-state index is -0.316. The van der Waals surface area contributed by atoms with E-state index in [9.17, 15) is 9.90 Å². The molecular formula is C26H20N2O3. The molecule has 5 nitrogen and oxygen atoms in total. The quantitative estimate of drug-likeness (QED) is 0.572. The Morgan fingerprint density at radius 3 is 2.29 bits per heavy atom. The van der Waals surface area contributed by atoms with Gasteiger partial charge < -0.3 is 9.84 Å². The van der Waals surface area contributed by atoms with E-state index in [-0.39, 0.29) is 29.1 Å². The molecular weight excluding hydrogens is 388 g/mol. The molecule has 2 unspecified atom stereocenters. The van der Waals surface area contributed by atoms with Crippen LogP contribution in [0.1, 0.15) is 39.0 Å². The summed E-state index contributed by atoms with van der Waals surface area (Å²) in [5.74, 6) is 0.270. The van der Waals surface area contributed by atoms with Gasteiger partial charge in [-0.15, -0.1) is 0 Å². The molecule has 0 spiro atoms. The molecule has 5 heteroatoms. The second-order valence-electron chi connectivity index (χ2n) is 7.49. The van der Waals surface area contributed by atoms with Crippen LogP contribution in [-0.2, 0) is 0 Å². The number of carbonyl (C=O) groups excluding carboxylic acids is 1. The van der Waals surface area contributed by atoms with E-state index in [0.717, 1.165) is 16.9 Å². The van der Waals surface area contributed by atoms with Crippen LogP contribution in [0.4, 0.5) is 0 Å². The summed E-state index contributed by atoms with van der Waals surface area (Å²) in [5.41, 5.74) is 3.55. The van der Waals surface area contributed by atoms with E-state index in [1.54, 1.807) is 31.4 Å². The zero-order valence-electron chi connectivity index (χ0n) is 16.9. The number of aliphatic hydroxyl groups excluding tert-OH is 1. The van der Waals surface area contributed by atoms with Crippen molar-refractivity contribution in [1.82, 2.24) is 0 Å². The first kappa shape index (κ1) is 19.0. The van der Waals surface area contributed by atoms with Gasteiger partial charge in [-0.25, -0.2) is 0 Å². The highest BCUT2D eigenvalue weighted by molar-refractivity contribution is 6.22. The lowest BCUT2D eigenvalue weighted by molar-refractivity contribution is 0.103. The summed E-state index contributed by atoms with van der Waals surface area (Å²) < 4.78 is 5.56. The predicted molar refractivity (Wildman–Crippen MR) is 118 cm³/mol. The van der Waals surface area contributed by atoms with Gasteiger partial charge in [0.15, 0.2) is 5.78 Å². The molecule has 0 aromatic heterocycles. The zero-order chi connectivity index (χ0) is 21.4. The summed E-state index contributed by atoms with van der Waals surface area (Å²) in [7, 11) is 1.63. The lowest BCUT2D eigenvalue weighted by atomic mass is 9.85.